The van der Waals surface area contributed by atoms with Gasteiger partial charge in [-0.05, 0) is 19.9 Å². The molecule has 1 aromatic carbocycles. The standard InChI is InChI=1S/C12H17FN2O2/c1-8(2)15-12(16)7-17-10-4-3-9(6-14)11(13)5-10/h3-5,8H,6-7,14H2,1-2H3,(H,15,16). The fourth-order valence-electron chi connectivity index (χ4n) is 1.30. The van der Waals surface area contributed by atoms with E-state index in [0.717, 1.165) is 0 Å². The molecule has 1 rings (SSSR count). The molecule has 0 aromatic heterocycles. The van der Waals surface area contributed by atoms with Crippen LogP contribution in [0.5, 0.6) is 5.75 Å². The number of benzene rings is 1. The number of hydrogen-bond donors (Lipinski definition) is 2. The second kappa shape index (κ2) is 6.20. The van der Waals surface area contributed by atoms with Crippen molar-refractivity contribution in [2.75, 3.05) is 6.61 Å². The lowest BCUT2D eigenvalue weighted by Crippen LogP contribution is -2.34. The number of carbonyl (C=O) groups is 1. The van der Waals surface area contributed by atoms with Crippen LogP contribution < -0.4 is 15.8 Å². The number of nitrogens with two attached hydrogens (primary N) is 1. The summed E-state index contributed by atoms with van der Waals surface area (Å²) in [6, 6.07) is 4.42. The Kier molecular flexibility index (Phi) is 4.90. The summed E-state index contributed by atoms with van der Waals surface area (Å²) in [4.78, 5) is 11.3. The summed E-state index contributed by atoms with van der Waals surface area (Å²) < 4.78 is 18.5. The minimum absolute atomic E-state index is 0.0578. The maximum Gasteiger partial charge on any atom is 0.258 e. The Morgan fingerprint density at radius 3 is 2.76 bits per heavy atom. The van der Waals surface area contributed by atoms with Crippen LogP contribution in [-0.4, -0.2) is 18.6 Å². The van der Waals surface area contributed by atoms with Crippen LogP contribution >= 0.6 is 0 Å². The fourth-order valence-corrected chi connectivity index (χ4v) is 1.30. The van der Waals surface area contributed by atoms with E-state index in [2.05, 4.69) is 5.32 Å². The highest BCUT2D eigenvalue weighted by molar-refractivity contribution is 5.77. The Morgan fingerprint density at radius 2 is 2.24 bits per heavy atom. The van der Waals surface area contributed by atoms with E-state index in [1.54, 1.807) is 12.1 Å². The molecule has 0 spiro atoms. The molecule has 94 valence electrons. The number of amides is 1. The quantitative estimate of drug-likeness (QED) is 0.812. The zero-order valence-electron chi connectivity index (χ0n) is 10.00. The zero-order valence-corrected chi connectivity index (χ0v) is 10.00. The Morgan fingerprint density at radius 1 is 1.53 bits per heavy atom. The van der Waals surface area contributed by atoms with Gasteiger partial charge in [-0.3, -0.25) is 4.79 Å². The van der Waals surface area contributed by atoms with Crippen molar-refractivity contribution in [2.24, 2.45) is 5.73 Å². The Labute approximate surface area is 100.0 Å². The maximum absolute atomic E-state index is 13.3. The number of nitrogens with one attached hydrogen (secondary N) is 1. The van der Waals surface area contributed by atoms with Crippen molar-refractivity contribution in [1.82, 2.24) is 5.32 Å². The summed E-state index contributed by atoms with van der Waals surface area (Å²) in [6.45, 7) is 3.72. The van der Waals surface area contributed by atoms with Crippen molar-refractivity contribution in [3.8, 4) is 5.75 Å². The molecule has 0 aliphatic heterocycles. The van der Waals surface area contributed by atoms with Crippen LogP contribution in [0, 0.1) is 5.82 Å². The van der Waals surface area contributed by atoms with Crippen LogP contribution in [0.25, 0.3) is 0 Å². The molecule has 0 saturated heterocycles. The van der Waals surface area contributed by atoms with E-state index >= 15 is 0 Å². The lowest BCUT2D eigenvalue weighted by atomic mass is 10.2. The molecule has 0 radical (unpaired) electrons. The highest BCUT2D eigenvalue weighted by atomic mass is 19.1. The molecule has 0 heterocycles. The smallest absolute Gasteiger partial charge is 0.258 e. The zero-order chi connectivity index (χ0) is 12.8. The third-order valence-corrected chi connectivity index (χ3v) is 2.06. The van der Waals surface area contributed by atoms with E-state index in [-0.39, 0.29) is 25.1 Å². The molecule has 1 aromatic rings. The number of carbonyl (C=O) groups excluding carboxylic acids is 1. The van der Waals surface area contributed by atoms with E-state index < -0.39 is 5.82 Å². The van der Waals surface area contributed by atoms with Crippen molar-refractivity contribution in [2.45, 2.75) is 26.4 Å². The van der Waals surface area contributed by atoms with Gasteiger partial charge in [-0.25, -0.2) is 4.39 Å². The van der Waals surface area contributed by atoms with Crippen LogP contribution in [0.3, 0.4) is 0 Å². The Hall–Kier alpha value is -1.62. The molecule has 4 nitrogen and oxygen atoms in total. The number of halogens is 1. The molecule has 17 heavy (non-hydrogen) atoms. The van der Waals surface area contributed by atoms with Gasteiger partial charge in [-0.15, -0.1) is 0 Å². The summed E-state index contributed by atoms with van der Waals surface area (Å²) in [6.07, 6.45) is 0. The van der Waals surface area contributed by atoms with E-state index in [1.807, 2.05) is 13.8 Å². The second-order valence-corrected chi connectivity index (χ2v) is 3.97. The van der Waals surface area contributed by atoms with Crippen LogP contribution in [0.1, 0.15) is 19.4 Å². The van der Waals surface area contributed by atoms with Crippen molar-refractivity contribution in [3.63, 3.8) is 0 Å². The van der Waals surface area contributed by atoms with Crippen molar-refractivity contribution in [1.29, 1.82) is 0 Å². The molecule has 0 bridgehead atoms. The van der Waals surface area contributed by atoms with Gasteiger partial charge in [0, 0.05) is 24.2 Å². The third-order valence-electron chi connectivity index (χ3n) is 2.06. The summed E-state index contributed by atoms with van der Waals surface area (Å²) in [7, 11) is 0. The van der Waals surface area contributed by atoms with Crippen molar-refractivity contribution >= 4 is 5.91 Å². The summed E-state index contributed by atoms with van der Waals surface area (Å²) in [5.74, 6) is -0.337. The summed E-state index contributed by atoms with van der Waals surface area (Å²) in [5.41, 5.74) is 5.75. The van der Waals surface area contributed by atoms with Gasteiger partial charge in [-0.1, -0.05) is 6.07 Å². The van der Waals surface area contributed by atoms with Gasteiger partial charge in [0.05, 0.1) is 0 Å². The molecular weight excluding hydrogens is 223 g/mol. The van der Waals surface area contributed by atoms with Gasteiger partial charge in [0.25, 0.3) is 5.91 Å². The monoisotopic (exact) mass is 240 g/mol. The predicted octanol–water partition coefficient (Wildman–Crippen LogP) is 1.19. The highest BCUT2D eigenvalue weighted by Crippen LogP contribution is 2.16. The fraction of sp³-hybridized carbons (Fsp3) is 0.417. The summed E-state index contributed by atoms with van der Waals surface area (Å²) >= 11 is 0. The van der Waals surface area contributed by atoms with Gasteiger partial charge in [-0.2, -0.15) is 0 Å². The first-order valence-corrected chi connectivity index (χ1v) is 5.43. The average Bonchev–Trinajstić information content (AvgIpc) is 2.25. The maximum atomic E-state index is 13.3. The molecule has 1 amide bonds. The molecule has 0 aliphatic rings. The minimum atomic E-state index is -0.422. The van der Waals surface area contributed by atoms with Gasteiger partial charge in [0.2, 0.25) is 0 Å². The number of ether oxygens (including phenoxy) is 1. The molecule has 0 fully saturated rings. The van der Waals surface area contributed by atoms with Gasteiger partial charge >= 0.3 is 0 Å². The molecule has 5 heteroatoms. The van der Waals surface area contributed by atoms with Crippen LogP contribution in [0.4, 0.5) is 4.39 Å². The molecular formula is C12H17FN2O2. The largest absolute Gasteiger partial charge is 0.484 e. The molecule has 0 aliphatic carbocycles. The number of rotatable bonds is 5. The lowest BCUT2D eigenvalue weighted by molar-refractivity contribution is -0.123. The molecule has 0 atom stereocenters. The normalized spacial score (nSPS) is 10.4. The highest BCUT2D eigenvalue weighted by Gasteiger charge is 2.06. The van der Waals surface area contributed by atoms with Crippen LogP contribution in [-0.2, 0) is 11.3 Å². The summed E-state index contributed by atoms with van der Waals surface area (Å²) in [5, 5.41) is 2.67. The first kappa shape index (κ1) is 13.4. The van der Waals surface area contributed by atoms with Crippen LogP contribution in [0.15, 0.2) is 18.2 Å². The van der Waals surface area contributed by atoms with E-state index in [0.29, 0.717) is 11.3 Å². The van der Waals surface area contributed by atoms with Crippen molar-refractivity contribution < 1.29 is 13.9 Å². The average molecular weight is 240 g/mol. The molecule has 0 saturated carbocycles. The predicted molar refractivity (Wildman–Crippen MR) is 63.1 cm³/mol. The topological polar surface area (TPSA) is 64.3 Å². The Bertz CT molecular complexity index is 394. The van der Waals surface area contributed by atoms with E-state index in [9.17, 15) is 9.18 Å². The van der Waals surface area contributed by atoms with Gasteiger partial charge < -0.3 is 15.8 Å². The van der Waals surface area contributed by atoms with Gasteiger partial charge in [0.15, 0.2) is 6.61 Å². The molecule has 3 N–H and O–H groups in total. The minimum Gasteiger partial charge on any atom is -0.484 e. The SMILES string of the molecule is CC(C)NC(=O)COc1ccc(CN)c(F)c1. The number of hydrogen-bond acceptors (Lipinski definition) is 3. The first-order chi connectivity index (χ1) is 8.02. The van der Waals surface area contributed by atoms with E-state index in [4.69, 9.17) is 10.5 Å². The first-order valence-electron chi connectivity index (χ1n) is 5.43. The van der Waals surface area contributed by atoms with Crippen molar-refractivity contribution in [3.05, 3.63) is 29.6 Å². The lowest BCUT2D eigenvalue weighted by Gasteiger charge is -2.10. The van der Waals surface area contributed by atoms with Gasteiger partial charge in [0.1, 0.15) is 11.6 Å². The molecule has 0 unspecified atom stereocenters. The van der Waals surface area contributed by atoms with E-state index in [1.165, 1.54) is 6.07 Å². The second-order valence-electron chi connectivity index (χ2n) is 3.97. The Balaban J connectivity index is 2.52. The third kappa shape index (κ3) is 4.40. The van der Waals surface area contributed by atoms with Crippen LogP contribution in [0.2, 0.25) is 0 Å².